The van der Waals surface area contributed by atoms with Crippen LogP contribution in [0.3, 0.4) is 0 Å². The first-order valence-electron chi connectivity index (χ1n) is 10.7. The topological polar surface area (TPSA) is 115 Å². The van der Waals surface area contributed by atoms with E-state index < -0.39 is 52.4 Å². The van der Waals surface area contributed by atoms with E-state index in [9.17, 15) is 23.5 Å². The molecule has 5 N–H and O–H groups in total. The van der Waals surface area contributed by atoms with Crippen LogP contribution in [0.15, 0.2) is 11.0 Å². The summed E-state index contributed by atoms with van der Waals surface area (Å²) < 4.78 is 44.4. The molecule has 3 fully saturated rings. The maximum atomic E-state index is 15.5. The zero-order valence-corrected chi connectivity index (χ0v) is 17.6. The van der Waals surface area contributed by atoms with Gasteiger partial charge in [-0.15, -0.1) is 0 Å². The van der Waals surface area contributed by atoms with Crippen molar-refractivity contribution in [1.82, 2.24) is 4.57 Å². The number of alkyl halides is 2. The molecule has 0 radical (unpaired) electrons. The summed E-state index contributed by atoms with van der Waals surface area (Å²) in [4.78, 5) is 26.3. The fraction of sp³-hybridized carbons (Fsp3) is 0.545. The number of fused-ring (bicyclic) bond motifs is 1. The number of carbonyl (C=O) groups is 1. The van der Waals surface area contributed by atoms with Gasteiger partial charge >= 0.3 is 5.97 Å². The van der Waals surface area contributed by atoms with E-state index in [4.69, 9.17) is 11.5 Å². The van der Waals surface area contributed by atoms with E-state index in [2.05, 4.69) is 0 Å². The van der Waals surface area contributed by atoms with Crippen LogP contribution in [0.4, 0.5) is 24.5 Å². The highest BCUT2D eigenvalue weighted by Crippen LogP contribution is 2.46. The second-order valence-electron chi connectivity index (χ2n) is 9.50. The van der Waals surface area contributed by atoms with E-state index in [1.165, 1.54) is 4.57 Å². The summed E-state index contributed by atoms with van der Waals surface area (Å²) in [6.45, 7) is 2.52. The number of nitrogen functional groups attached to an aromatic ring is 1. The minimum absolute atomic E-state index is 0.0135. The third-order valence-corrected chi connectivity index (χ3v) is 7.45. The van der Waals surface area contributed by atoms with Gasteiger partial charge in [-0.1, -0.05) is 0 Å². The van der Waals surface area contributed by atoms with Gasteiger partial charge in [-0.2, -0.15) is 0 Å². The number of hydrogen-bond acceptors (Lipinski definition) is 5. The quantitative estimate of drug-likeness (QED) is 0.617. The second-order valence-corrected chi connectivity index (χ2v) is 9.50. The Kier molecular flexibility index (Phi) is 4.53. The molecule has 10 heteroatoms. The lowest BCUT2D eigenvalue weighted by Gasteiger charge is -2.45. The Hall–Kier alpha value is -2.75. The molecular formula is C22H25F3N4O3. The molecule has 1 aromatic carbocycles. The van der Waals surface area contributed by atoms with E-state index in [0.29, 0.717) is 25.1 Å². The number of nitrogens with zero attached hydrogens (tertiary/aromatic N) is 2. The zero-order chi connectivity index (χ0) is 23.1. The SMILES string of the molecule is Cc1c(N2CCC(C3(N)CC(F)C3)C2)c(F)c(N)c2c(=O)c(C(=O)O)cn([C@@H]3C[C@@H]3F)c12. The number of carboxylic acid groups (broad SMARTS) is 1. The number of anilines is 2. The van der Waals surface area contributed by atoms with Crippen LogP contribution in [0, 0.1) is 18.7 Å². The predicted octanol–water partition coefficient (Wildman–Crippen LogP) is 2.67. The molecule has 172 valence electrons. The Morgan fingerprint density at radius 2 is 1.97 bits per heavy atom. The van der Waals surface area contributed by atoms with Gasteiger partial charge in [0.2, 0.25) is 5.43 Å². The standard InChI is InChI=1S/C22H25F3N4O3/c1-9-18-15(20(30)12(21(31)32)8-29(18)14-4-13(14)24)17(26)16(25)19(9)28-3-2-10(7-28)22(27)5-11(23)6-22/h8,10-11,13-14H,2-7,26-27H2,1H3,(H,31,32)/t10?,11?,13-,14+,22?/m0/s1. The van der Waals surface area contributed by atoms with Crippen molar-refractivity contribution in [1.29, 1.82) is 0 Å². The van der Waals surface area contributed by atoms with Crippen LogP contribution in [0.25, 0.3) is 10.9 Å². The van der Waals surface area contributed by atoms with Crippen molar-refractivity contribution >= 4 is 28.2 Å². The van der Waals surface area contributed by atoms with Gasteiger partial charge < -0.3 is 26.0 Å². The lowest BCUT2D eigenvalue weighted by Crippen LogP contribution is -2.58. The third-order valence-electron chi connectivity index (χ3n) is 7.45. The van der Waals surface area contributed by atoms with Gasteiger partial charge in [-0.3, -0.25) is 4.79 Å². The first-order chi connectivity index (χ1) is 15.0. The van der Waals surface area contributed by atoms with Crippen molar-refractivity contribution in [3.63, 3.8) is 0 Å². The molecule has 3 aliphatic rings. The Labute approximate surface area is 181 Å². The van der Waals surface area contributed by atoms with Gasteiger partial charge in [0.25, 0.3) is 0 Å². The van der Waals surface area contributed by atoms with Crippen molar-refractivity contribution in [2.45, 2.75) is 56.5 Å². The molecule has 2 saturated carbocycles. The molecule has 7 nitrogen and oxygen atoms in total. The number of nitrogens with two attached hydrogens (primary N) is 2. The van der Waals surface area contributed by atoms with Crippen molar-refractivity contribution < 1.29 is 23.1 Å². The first-order valence-corrected chi connectivity index (χ1v) is 10.7. The number of pyridine rings is 1. The summed E-state index contributed by atoms with van der Waals surface area (Å²) in [6, 6.07) is -0.636. The van der Waals surface area contributed by atoms with Crippen LogP contribution < -0.4 is 21.8 Å². The maximum Gasteiger partial charge on any atom is 0.341 e. The van der Waals surface area contributed by atoms with Crippen molar-refractivity contribution in [2.24, 2.45) is 11.7 Å². The number of rotatable bonds is 4. The van der Waals surface area contributed by atoms with Gasteiger partial charge in [0.15, 0.2) is 5.82 Å². The average molecular weight is 450 g/mol. The summed E-state index contributed by atoms with van der Waals surface area (Å²) in [5.41, 5.74) is 10.7. The van der Waals surface area contributed by atoms with E-state index in [1.807, 2.05) is 0 Å². The van der Waals surface area contributed by atoms with E-state index >= 15 is 4.39 Å². The van der Waals surface area contributed by atoms with Crippen LogP contribution >= 0.6 is 0 Å². The van der Waals surface area contributed by atoms with E-state index in [1.54, 1.807) is 11.8 Å². The van der Waals surface area contributed by atoms with Crippen LogP contribution in [-0.2, 0) is 0 Å². The Morgan fingerprint density at radius 1 is 1.31 bits per heavy atom. The zero-order valence-electron chi connectivity index (χ0n) is 17.6. The van der Waals surface area contributed by atoms with Crippen LogP contribution in [0.2, 0.25) is 0 Å². The largest absolute Gasteiger partial charge is 0.477 e. The monoisotopic (exact) mass is 450 g/mol. The van der Waals surface area contributed by atoms with Gasteiger partial charge in [0.1, 0.15) is 17.9 Å². The second kappa shape index (κ2) is 6.87. The molecule has 5 rings (SSSR count). The number of carboxylic acids is 1. The van der Waals surface area contributed by atoms with Gasteiger partial charge in [0, 0.05) is 31.2 Å². The number of aromatic carboxylic acids is 1. The molecule has 1 saturated heterocycles. The van der Waals surface area contributed by atoms with Crippen LogP contribution in [-0.4, -0.2) is 46.6 Å². The first kappa shape index (κ1) is 21.1. The lowest BCUT2D eigenvalue weighted by atomic mass is 9.67. The molecule has 32 heavy (non-hydrogen) atoms. The van der Waals surface area contributed by atoms with Gasteiger partial charge in [-0.25, -0.2) is 18.0 Å². The molecule has 2 aliphatic carbocycles. The number of aryl methyl sites for hydroxylation is 1. The normalized spacial score (nSPS) is 31.7. The van der Waals surface area contributed by atoms with E-state index in [-0.39, 0.29) is 41.8 Å². The minimum Gasteiger partial charge on any atom is -0.477 e. The molecule has 2 heterocycles. The highest BCUT2D eigenvalue weighted by atomic mass is 19.1. The van der Waals surface area contributed by atoms with Crippen molar-refractivity contribution in [3.05, 3.63) is 33.4 Å². The highest BCUT2D eigenvalue weighted by Gasteiger charge is 2.49. The number of benzene rings is 1. The highest BCUT2D eigenvalue weighted by molar-refractivity contribution is 6.01. The molecule has 0 spiro atoms. The molecule has 0 amide bonds. The van der Waals surface area contributed by atoms with Gasteiger partial charge in [0.05, 0.1) is 28.3 Å². The fourth-order valence-electron chi connectivity index (χ4n) is 5.54. The maximum absolute atomic E-state index is 15.5. The van der Waals surface area contributed by atoms with Gasteiger partial charge in [-0.05, 0) is 37.7 Å². The molecular weight excluding hydrogens is 425 g/mol. The fourth-order valence-corrected chi connectivity index (χ4v) is 5.54. The molecule has 0 bridgehead atoms. The third kappa shape index (κ3) is 2.92. The van der Waals surface area contributed by atoms with Crippen LogP contribution in [0.1, 0.15) is 47.6 Å². The summed E-state index contributed by atoms with van der Waals surface area (Å²) in [5, 5.41) is 9.20. The van der Waals surface area contributed by atoms with E-state index in [0.717, 1.165) is 6.20 Å². The minimum atomic E-state index is -1.48. The Balaban J connectivity index is 1.66. The summed E-state index contributed by atoms with van der Waals surface area (Å²) >= 11 is 0. The summed E-state index contributed by atoms with van der Waals surface area (Å²) in [5.74, 6) is -2.30. The van der Waals surface area contributed by atoms with Crippen LogP contribution in [0.5, 0.6) is 0 Å². The summed E-state index contributed by atoms with van der Waals surface area (Å²) in [7, 11) is 0. The Morgan fingerprint density at radius 3 is 2.53 bits per heavy atom. The van der Waals surface area contributed by atoms with Crippen molar-refractivity contribution in [3.8, 4) is 0 Å². The lowest BCUT2D eigenvalue weighted by molar-refractivity contribution is 0.0581. The van der Waals surface area contributed by atoms with Crippen molar-refractivity contribution in [2.75, 3.05) is 23.7 Å². The number of aromatic nitrogens is 1. The molecule has 3 atom stereocenters. The smallest absolute Gasteiger partial charge is 0.341 e. The molecule has 1 unspecified atom stereocenters. The molecule has 1 aliphatic heterocycles. The summed E-state index contributed by atoms with van der Waals surface area (Å²) in [6.07, 6.45) is 0.442. The predicted molar refractivity (Wildman–Crippen MR) is 114 cm³/mol. The number of hydrogen-bond donors (Lipinski definition) is 3. The molecule has 2 aromatic rings. The number of halogens is 3. The Bertz CT molecular complexity index is 1210. The molecule has 1 aromatic heterocycles. The average Bonchev–Trinajstić information content (AvgIpc) is 3.22.